The first-order valence-electron chi connectivity index (χ1n) is 5.61. The van der Waals surface area contributed by atoms with Crippen LogP contribution in [0.5, 0.6) is 0 Å². The molecule has 2 nitrogen and oxygen atoms in total. The lowest BCUT2D eigenvalue weighted by atomic mass is 10.1. The van der Waals surface area contributed by atoms with Crippen LogP contribution in [-0.4, -0.2) is 4.98 Å². The van der Waals surface area contributed by atoms with Crippen LogP contribution in [0.4, 0.5) is 0 Å². The maximum absolute atomic E-state index is 5.58. The summed E-state index contributed by atoms with van der Waals surface area (Å²) in [6.07, 6.45) is 2.63. The smallest absolute Gasteiger partial charge is 0.123 e. The van der Waals surface area contributed by atoms with Gasteiger partial charge in [0.15, 0.2) is 0 Å². The SMILES string of the molecule is NCc1ccc(-c2nc(C3CC3)cs2)cc1. The van der Waals surface area contributed by atoms with Crippen LogP contribution in [0, 0.1) is 0 Å². The Morgan fingerprint density at radius 3 is 2.62 bits per heavy atom. The van der Waals surface area contributed by atoms with Crippen LogP contribution in [0.2, 0.25) is 0 Å². The molecular formula is C13H14N2S. The largest absolute Gasteiger partial charge is 0.326 e. The molecule has 0 amide bonds. The lowest BCUT2D eigenvalue weighted by Gasteiger charge is -1.98. The molecule has 0 aliphatic heterocycles. The van der Waals surface area contributed by atoms with E-state index in [-0.39, 0.29) is 0 Å². The van der Waals surface area contributed by atoms with Gasteiger partial charge in [-0.3, -0.25) is 0 Å². The minimum Gasteiger partial charge on any atom is -0.326 e. The van der Waals surface area contributed by atoms with Crippen molar-refractivity contribution in [2.75, 3.05) is 0 Å². The Hall–Kier alpha value is -1.19. The van der Waals surface area contributed by atoms with E-state index in [1.54, 1.807) is 11.3 Å². The minimum atomic E-state index is 0.603. The summed E-state index contributed by atoms with van der Waals surface area (Å²) < 4.78 is 0. The second kappa shape index (κ2) is 4.00. The molecule has 0 unspecified atom stereocenters. The van der Waals surface area contributed by atoms with E-state index in [0.717, 1.165) is 10.9 Å². The second-order valence-electron chi connectivity index (χ2n) is 4.25. The molecule has 82 valence electrons. The van der Waals surface area contributed by atoms with Gasteiger partial charge in [-0.05, 0) is 18.4 Å². The summed E-state index contributed by atoms with van der Waals surface area (Å²) in [5.74, 6) is 0.744. The number of nitrogens with two attached hydrogens (primary N) is 1. The van der Waals surface area contributed by atoms with Gasteiger partial charge < -0.3 is 5.73 Å². The van der Waals surface area contributed by atoms with Crippen molar-refractivity contribution in [2.45, 2.75) is 25.3 Å². The number of hydrogen-bond donors (Lipinski definition) is 1. The lowest BCUT2D eigenvalue weighted by Crippen LogP contribution is -1.95. The van der Waals surface area contributed by atoms with Crippen molar-refractivity contribution in [3.8, 4) is 10.6 Å². The first-order chi connectivity index (χ1) is 7.86. The van der Waals surface area contributed by atoms with Gasteiger partial charge >= 0.3 is 0 Å². The fourth-order valence-corrected chi connectivity index (χ4v) is 2.68. The monoisotopic (exact) mass is 230 g/mol. The van der Waals surface area contributed by atoms with Gasteiger partial charge in [0, 0.05) is 23.4 Å². The minimum absolute atomic E-state index is 0.603. The van der Waals surface area contributed by atoms with Crippen molar-refractivity contribution in [1.82, 2.24) is 4.98 Å². The van der Waals surface area contributed by atoms with Crippen molar-refractivity contribution >= 4 is 11.3 Å². The molecule has 16 heavy (non-hydrogen) atoms. The number of thiazole rings is 1. The van der Waals surface area contributed by atoms with Gasteiger partial charge in [0.05, 0.1) is 5.69 Å². The molecule has 2 aromatic rings. The molecule has 1 saturated carbocycles. The first-order valence-corrected chi connectivity index (χ1v) is 6.49. The van der Waals surface area contributed by atoms with E-state index >= 15 is 0 Å². The van der Waals surface area contributed by atoms with Crippen LogP contribution in [0.3, 0.4) is 0 Å². The van der Waals surface area contributed by atoms with Crippen molar-refractivity contribution in [3.05, 3.63) is 40.9 Å². The van der Waals surface area contributed by atoms with E-state index in [2.05, 4.69) is 34.6 Å². The molecular weight excluding hydrogens is 216 g/mol. The van der Waals surface area contributed by atoms with Gasteiger partial charge in [-0.15, -0.1) is 11.3 Å². The molecule has 1 aromatic carbocycles. The molecule has 0 bridgehead atoms. The molecule has 3 heteroatoms. The van der Waals surface area contributed by atoms with Crippen LogP contribution < -0.4 is 5.73 Å². The van der Waals surface area contributed by atoms with E-state index in [0.29, 0.717) is 6.54 Å². The summed E-state index contributed by atoms with van der Waals surface area (Å²) in [7, 11) is 0. The molecule has 0 atom stereocenters. The Balaban J connectivity index is 1.88. The quantitative estimate of drug-likeness (QED) is 0.879. The van der Waals surface area contributed by atoms with E-state index in [1.165, 1.54) is 29.7 Å². The van der Waals surface area contributed by atoms with Crippen molar-refractivity contribution < 1.29 is 0 Å². The van der Waals surface area contributed by atoms with Crippen molar-refractivity contribution in [2.24, 2.45) is 5.73 Å². The predicted octanol–water partition coefficient (Wildman–Crippen LogP) is 3.15. The summed E-state index contributed by atoms with van der Waals surface area (Å²) in [5.41, 5.74) is 9.23. The molecule has 1 fully saturated rings. The second-order valence-corrected chi connectivity index (χ2v) is 5.11. The standard InChI is InChI=1S/C13H14N2S/c14-7-9-1-3-11(4-2-9)13-15-12(8-16-13)10-5-6-10/h1-4,8,10H,5-7,14H2. The van der Waals surface area contributed by atoms with Gasteiger partial charge in [-0.25, -0.2) is 4.98 Å². The summed E-state index contributed by atoms with van der Waals surface area (Å²) in [6.45, 7) is 0.603. The van der Waals surface area contributed by atoms with Gasteiger partial charge in [0.1, 0.15) is 5.01 Å². The Morgan fingerprint density at radius 1 is 1.25 bits per heavy atom. The third-order valence-corrected chi connectivity index (χ3v) is 3.86. The van der Waals surface area contributed by atoms with Crippen molar-refractivity contribution in [1.29, 1.82) is 0 Å². The third kappa shape index (κ3) is 1.88. The fraction of sp³-hybridized carbons (Fsp3) is 0.308. The van der Waals surface area contributed by atoms with Crippen LogP contribution in [-0.2, 0) is 6.54 Å². The average Bonchev–Trinajstić information content (AvgIpc) is 3.08. The lowest BCUT2D eigenvalue weighted by molar-refractivity contribution is 1.05. The van der Waals surface area contributed by atoms with E-state index < -0.39 is 0 Å². The highest BCUT2D eigenvalue weighted by atomic mass is 32.1. The van der Waals surface area contributed by atoms with E-state index in [4.69, 9.17) is 5.73 Å². The summed E-state index contributed by atoms with van der Waals surface area (Å²) in [4.78, 5) is 4.69. The molecule has 0 saturated heterocycles. The highest BCUT2D eigenvalue weighted by Gasteiger charge is 2.26. The van der Waals surface area contributed by atoms with Crippen LogP contribution in [0.1, 0.15) is 30.0 Å². The van der Waals surface area contributed by atoms with Gasteiger partial charge in [0.25, 0.3) is 0 Å². The molecule has 1 heterocycles. The highest BCUT2D eigenvalue weighted by Crippen LogP contribution is 2.41. The molecule has 0 spiro atoms. The Labute approximate surface area is 99.1 Å². The molecule has 2 N–H and O–H groups in total. The van der Waals surface area contributed by atoms with Crippen LogP contribution in [0.25, 0.3) is 10.6 Å². The maximum atomic E-state index is 5.58. The van der Waals surface area contributed by atoms with E-state index in [1.807, 2.05) is 0 Å². The Kier molecular flexibility index (Phi) is 2.50. The molecule has 1 aromatic heterocycles. The number of nitrogens with zero attached hydrogens (tertiary/aromatic N) is 1. The number of rotatable bonds is 3. The molecule has 1 aliphatic rings. The molecule has 0 radical (unpaired) electrons. The summed E-state index contributed by atoms with van der Waals surface area (Å²) in [6, 6.07) is 8.37. The topological polar surface area (TPSA) is 38.9 Å². The van der Waals surface area contributed by atoms with Gasteiger partial charge in [-0.2, -0.15) is 0 Å². The zero-order valence-corrected chi connectivity index (χ0v) is 9.83. The fourth-order valence-electron chi connectivity index (χ4n) is 1.77. The predicted molar refractivity (Wildman–Crippen MR) is 67.4 cm³/mol. The zero-order valence-electron chi connectivity index (χ0n) is 9.02. The number of hydrogen-bond acceptors (Lipinski definition) is 3. The first kappa shape index (κ1) is 10.00. The van der Waals surface area contributed by atoms with Gasteiger partial charge in [0.2, 0.25) is 0 Å². The zero-order chi connectivity index (χ0) is 11.0. The normalized spacial score (nSPS) is 15.3. The molecule has 3 rings (SSSR count). The van der Waals surface area contributed by atoms with E-state index in [9.17, 15) is 0 Å². The average molecular weight is 230 g/mol. The van der Waals surface area contributed by atoms with Gasteiger partial charge in [-0.1, -0.05) is 24.3 Å². The summed E-state index contributed by atoms with van der Waals surface area (Å²) in [5, 5.41) is 3.33. The van der Waals surface area contributed by atoms with Crippen molar-refractivity contribution in [3.63, 3.8) is 0 Å². The third-order valence-electron chi connectivity index (χ3n) is 2.95. The summed E-state index contributed by atoms with van der Waals surface area (Å²) >= 11 is 1.74. The van der Waals surface area contributed by atoms with Crippen LogP contribution in [0.15, 0.2) is 29.6 Å². The molecule has 1 aliphatic carbocycles. The number of aromatic nitrogens is 1. The Bertz CT molecular complexity index is 483. The highest BCUT2D eigenvalue weighted by molar-refractivity contribution is 7.13. The number of benzene rings is 1. The van der Waals surface area contributed by atoms with Crippen LogP contribution >= 0.6 is 11.3 Å². The maximum Gasteiger partial charge on any atom is 0.123 e. The Morgan fingerprint density at radius 2 is 2.00 bits per heavy atom.